The van der Waals surface area contributed by atoms with Crippen molar-refractivity contribution in [2.45, 2.75) is 12.8 Å². The fraction of sp³-hybridized carbons (Fsp3) is 0.368. The van der Waals surface area contributed by atoms with Crippen LogP contribution in [0.2, 0.25) is 0 Å². The van der Waals surface area contributed by atoms with Crippen molar-refractivity contribution < 1.29 is 9.53 Å². The van der Waals surface area contributed by atoms with Gasteiger partial charge in [-0.3, -0.25) is 4.79 Å². The zero-order chi connectivity index (χ0) is 18.4. The lowest BCUT2D eigenvalue weighted by Crippen LogP contribution is -2.39. The van der Waals surface area contributed by atoms with E-state index in [0.717, 1.165) is 31.7 Å². The predicted octanol–water partition coefficient (Wildman–Crippen LogP) is 2.00. The summed E-state index contributed by atoms with van der Waals surface area (Å²) in [5, 5.41) is 12.2. The molecule has 1 aliphatic heterocycles. The smallest absolute Gasteiger partial charge is 0.251 e. The molecule has 0 bridgehead atoms. The van der Waals surface area contributed by atoms with Crippen molar-refractivity contribution in [3.8, 4) is 11.8 Å². The van der Waals surface area contributed by atoms with Crippen LogP contribution in [-0.2, 0) is 0 Å². The van der Waals surface area contributed by atoms with Crippen LogP contribution in [0.15, 0.2) is 36.7 Å². The molecule has 2 heterocycles. The maximum atomic E-state index is 12.2. The quantitative estimate of drug-likeness (QED) is 0.886. The molecule has 0 spiro atoms. The number of rotatable bonds is 5. The fourth-order valence-electron chi connectivity index (χ4n) is 3.07. The minimum absolute atomic E-state index is 0.0734. The van der Waals surface area contributed by atoms with Gasteiger partial charge in [0.2, 0.25) is 0 Å². The molecule has 1 saturated heterocycles. The van der Waals surface area contributed by atoms with Crippen molar-refractivity contribution in [3.05, 3.63) is 47.9 Å². The van der Waals surface area contributed by atoms with Crippen molar-refractivity contribution in [2.24, 2.45) is 5.92 Å². The first-order valence-corrected chi connectivity index (χ1v) is 8.59. The third kappa shape index (κ3) is 4.09. The normalized spacial score (nSPS) is 14.5. The molecule has 3 rings (SSSR count). The molecule has 1 amide bonds. The van der Waals surface area contributed by atoms with E-state index in [1.54, 1.807) is 37.6 Å². The highest BCUT2D eigenvalue weighted by molar-refractivity contribution is 5.94. The topological polar surface area (TPSA) is 91.1 Å². The molecule has 1 N–H and O–H groups in total. The number of aromatic nitrogens is 2. The molecule has 1 fully saturated rings. The first kappa shape index (κ1) is 17.7. The summed E-state index contributed by atoms with van der Waals surface area (Å²) in [5.41, 5.74) is 0.986. The minimum Gasteiger partial charge on any atom is -0.497 e. The first-order valence-electron chi connectivity index (χ1n) is 8.59. The molecule has 0 unspecified atom stereocenters. The van der Waals surface area contributed by atoms with Gasteiger partial charge in [-0.25, -0.2) is 9.97 Å². The molecular weight excluding hydrogens is 330 g/mol. The van der Waals surface area contributed by atoms with E-state index in [2.05, 4.69) is 26.3 Å². The second-order valence-corrected chi connectivity index (χ2v) is 6.21. The van der Waals surface area contributed by atoms with Crippen molar-refractivity contribution in [3.63, 3.8) is 0 Å². The molecular formula is C19H21N5O2. The van der Waals surface area contributed by atoms with Gasteiger partial charge in [-0.05, 0) is 43.0 Å². The second kappa shape index (κ2) is 8.30. The Morgan fingerprint density at radius 3 is 2.62 bits per heavy atom. The number of carbonyl (C=O) groups excluding carboxylic acids is 1. The van der Waals surface area contributed by atoms with E-state index in [0.29, 0.717) is 29.5 Å². The van der Waals surface area contributed by atoms with Crippen LogP contribution < -0.4 is 15.0 Å². The molecule has 7 nitrogen and oxygen atoms in total. The first-order chi connectivity index (χ1) is 12.7. The van der Waals surface area contributed by atoms with Gasteiger partial charge >= 0.3 is 0 Å². The van der Waals surface area contributed by atoms with Gasteiger partial charge in [-0.2, -0.15) is 5.26 Å². The number of hydrogen-bond acceptors (Lipinski definition) is 6. The van der Waals surface area contributed by atoms with E-state index < -0.39 is 0 Å². The van der Waals surface area contributed by atoms with E-state index >= 15 is 0 Å². The van der Waals surface area contributed by atoms with Crippen LogP contribution in [0.4, 0.5) is 5.82 Å². The monoisotopic (exact) mass is 351 g/mol. The van der Waals surface area contributed by atoms with Crippen molar-refractivity contribution >= 4 is 11.7 Å². The Bertz CT molecular complexity index is 792. The Kier molecular flexibility index (Phi) is 5.64. The predicted molar refractivity (Wildman–Crippen MR) is 97.0 cm³/mol. The van der Waals surface area contributed by atoms with Gasteiger partial charge in [0.1, 0.15) is 11.8 Å². The molecule has 0 saturated carbocycles. The lowest BCUT2D eigenvalue weighted by molar-refractivity contribution is 0.0945. The minimum atomic E-state index is -0.0734. The highest BCUT2D eigenvalue weighted by Crippen LogP contribution is 2.23. The Morgan fingerprint density at radius 2 is 1.96 bits per heavy atom. The van der Waals surface area contributed by atoms with Crippen LogP contribution in [0.3, 0.4) is 0 Å². The maximum Gasteiger partial charge on any atom is 0.251 e. The molecule has 1 aromatic heterocycles. The van der Waals surface area contributed by atoms with Crippen molar-refractivity contribution in [2.75, 3.05) is 31.6 Å². The molecule has 0 atom stereocenters. The number of hydrogen-bond donors (Lipinski definition) is 1. The Hall–Kier alpha value is -3.14. The number of methoxy groups -OCH3 is 1. The average molecular weight is 351 g/mol. The highest BCUT2D eigenvalue weighted by atomic mass is 16.5. The Balaban J connectivity index is 1.49. The van der Waals surface area contributed by atoms with Gasteiger partial charge in [0.25, 0.3) is 5.91 Å². The Labute approximate surface area is 152 Å². The molecule has 26 heavy (non-hydrogen) atoms. The van der Waals surface area contributed by atoms with Gasteiger partial charge < -0.3 is 15.0 Å². The number of nitrogens with one attached hydrogen (secondary N) is 1. The summed E-state index contributed by atoms with van der Waals surface area (Å²) in [6.07, 6.45) is 5.01. The number of piperidine rings is 1. The third-order valence-corrected chi connectivity index (χ3v) is 4.60. The summed E-state index contributed by atoms with van der Waals surface area (Å²) < 4.78 is 5.10. The summed E-state index contributed by atoms with van der Waals surface area (Å²) in [6.45, 7) is 2.25. The number of carbonyl (C=O) groups is 1. The summed E-state index contributed by atoms with van der Waals surface area (Å²) in [7, 11) is 1.60. The maximum absolute atomic E-state index is 12.2. The average Bonchev–Trinajstić information content (AvgIpc) is 2.72. The van der Waals surface area contributed by atoms with E-state index in [-0.39, 0.29) is 5.91 Å². The summed E-state index contributed by atoms with van der Waals surface area (Å²) in [5.74, 6) is 1.72. The van der Waals surface area contributed by atoms with Crippen LogP contribution in [0.5, 0.6) is 5.75 Å². The van der Waals surface area contributed by atoms with Crippen LogP contribution in [-0.4, -0.2) is 42.6 Å². The third-order valence-electron chi connectivity index (χ3n) is 4.60. The summed E-state index contributed by atoms with van der Waals surface area (Å²) >= 11 is 0. The van der Waals surface area contributed by atoms with Gasteiger partial charge in [-0.15, -0.1) is 0 Å². The second-order valence-electron chi connectivity index (χ2n) is 6.21. The zero-order valence-electron chi connectivity index (χ0n) is 14.7. The van der Waals surface area contributed by atoms with Crippen LogP contribution in [0.25, 0.3) is 0 Å². The van der Waals surface area contributed by atoms with Crippen molar-refractivity contribution in [1.82, 2.24) is 15.3 Å². The van der Waals surface area contributed by atoms with Crippen LogP contribution >= 0.6 is 0 Å². The van der Waals surface area contributed by atoms with Gasteiger partial charge in [0.15, 0.2) is 11.5 Å². The standard InChI is InChI=1S/C19H21N5O2/c1-26-16-4-2-15(3-5-16)19(25)23-13-14-6-10-24(11-7-14)18-17(12-20)21-8-9-22-18/h2-5,8-9,14H,6-7,10-11,13H2,1H3,(H,23,25). The molecule has 0 aliphatic carbocycles. The van der Waals surface area contributed by atoms with Crippen LogP contribution in [0, 0.1) is 17.2 Å². The van der Waals surface area contributed by atoms with Crippen molar-refractivity contribution in [1.29, 1.82) is 5.26 Å². The number of ether oxygens (including phenoxy) is 1. The molecule has 2 aromatic rings. The van der Waals surface area contributed by atoms with E-state index in [9.17, 15) is 4.79 Å². The summed E-state index contributed by atoms with van der Waals surface area (Å²) in [6, 6.07) is 9.16. The van der Waals surface area contributed by atoms with Gasteiger partial charge in [0.05, 0.1) is 7.11 Å². The summed E-state index contributed by atoms with van der Waals surface area (Å²) in [4.78, 5) is 22.7. The largest absolute Gasteiger partial charge is 0.497 e. The number of anilines is 1. The molecule has 134 valence electrons. The molecule has 7 heteroatoms. The number of nitriles is 1. The zero-order valence-corrected chi connectivity index (χ0v) is 14.7. The van der Waals surface area contributed by atoms with E-state index in [1.165, 1.54) is 6.20 Å². The van der Waals surface area contributed by atoms with Crippen LogP contribution in [0.1, 0.15) is 28.9 Å². The SMILES string of the molecule is COc1ccc(C(=O)NCC2CCN(c3nccnc3C#N)CC2)cc1. The van der Waals surface area contributed by atoms with Gasteiger partial charge in [0, 0.05) is 37.6 Å². The molecule has 1 aliphatic rings. The fourth-order valence-corrected chi connectivity index (χ4v) is 3.07. The lowest BCUT2D eigenvalue weighted by Gasteiger charge is -2.32. The lowest BCUT2D eigenvalue weighted by atomic mass is 9.96. The highest BCUT2D eigenvalue weighted by Gasteiger charge is 2.22. The number of nitrogens with zero attached hydrogens (tertiary/aromatic N) is 4. The molecule has 1 aromatic carbocycles. The van der Waals surface area contributed by atoms with Gasteiger partial charge in [-0.1, -0.05) is 0 Å². The van der Waals surface area contributed by atoms with E-state index in [1.807, 2.05) is 0 Å². The number of amides is 1. The Morgan fingerprint density at radius 1 is 1.27 bits per heavy atom. The number of benzene rings is 1. The van der Waals surface area contributed by atoms with E-state index in [4.69, 9.17) is 10.00 Å². The molecule has 0 radical (unpaired) electrons.